The number of aromatic hydroxyl groups is 1. The number of carbonyl (C=O) groups is 1. The highest BCUT2D eigenvalue weighted by Crippen LogP contribution is 2.06. The van der Waals surface area contributed by atoms with Crippen molar-refractivity contribution in [1.29, 1.82) is 0 Å². The average Bonchev–Trinajstić information content (AvgIpc) is 2.11. The molecule has 0 radical (unpaired) electrons. The number of carboxylic acids is 1. The zero-order valence-electron chi connectivity index (χ0n) is 7.70. The fourth-order valence-electron chi connectivity index (χ4n) is 0.441. The standard InChI is InChI=1S/C6H5FO.C4H6O2/c7-5-1-3-6(8)4-2-5;1-3(2)4(5)6/h1-4,8H;1H2,2H3,(H,5,6). The van der Waals surface area contributed by atoms with Crippen LogP contribution in [0.1, 0.15) is 6.92 Å². The molecule has 1 aromatic rings. The van der Waals surface area contributed by atoms with Crippen LogP contribution in [0, 0.1) is 5.82 Å². The van der Waals surface area contributed by atoms with Crippen LogP contribution in [0.5, 0.6) is 5.75 Å². The lowest BCUT2D eigenvalue weighted by Crippen LogP contribution is -1.92. The molecule has 0 saturated carbocycles. The Morgan fingerprint density at radius 1 is 1.36 bits per heavy atom. The van der Waals surface area contributed by atoms with Crippen molar-refractivity contribution in [2.45, 2.75) is 6.92 Å². The molecule has 0 spiro atoms. The van der Waals surface area contributed by atoms with Crippen molar-refractivity contribution in [2.24, 2.45) is 0 Å². The maximum atomic E-state index is 12.0. The van der Waals surface area contributed by atoms with Crippen molar-refractivity contribution in [1.82, 2.24) is 0 Å². The summed E-state index contributed by atoms with van der Waals surface area (Å²) >= 11 is 0. The normalized spacial score (nSPS) is 8.43. The van der Waals surface area contributed by atoms with Crippen LogP contribution in [0.25, 0.3) is 0 Å². The summed E-state index contributed by atoms with van der Waals surface area (Å²) in [7, 11) is 0. The highest BCUT2D eigenvalue weighted by molar-refractivity contribution is 5.84. The van der Waals surface area contributed by atoms with Crippen molar-refractivity contribution in [3.63, 3.8) is 0 Å². The molecule has 0 fully saturated rings. The van der Waals surface area contributed by atoms with Crippen molar-refractivity contribution in [2.75, 3.05) is 0 Å². The van der Waals surface area contributed by atoms with E-state index in [-0.39, 0.29) is 17.1 Å². The topological polar surface area (TPSA) is 57.5 Å². The van der Waals surface area contributed by atoms with Gasteiger partial charge in [0.1, 0.15) is 11.6 Å². The summed E-state index contributed by atoms with van der Waals surface area (Å²) in [5.74, 6) is -1.18. The first-order valence-electron chi connectivity index (χ1n) is 3.77. The maximum absolute atomic E-state index is 12.0. The third-order valence-electron chi connectivity index (χ3n) is 1.19. The Kier molecular flexibility index (Phi) is 4.99. The Bertz CT molecular complexity index is 284. The lowest BCUT2D eigenvalue weighted by molar-refractivity contribution is -0.132. The Morgan fingerprint density at radius 3 is 1.93 bits per heavy atom. The van der Waals surface area contributed by atoms with Crippen LogP contribution in [0.2, 0.25) is 0 Å². The van der Waals surface area contributed by atoms with E-state index in [9.17, 15) is 9.18 Å². The number of benzene rings is 1. The van der Waals surface area contributed by atoms with E-state index < -0.39 is 5.97 Å². The third-order valence-corrected chi connectivity index (χ3v) is 1.19. The molecule has 0 saturated heterocycles. The van der Waals surface area contributed by atoms with Gasteiger partial charge in [0.25, 0.3) is 0 Å². The first-order valence-corrected chi connectivity index (χ1v) is 3.77. The van der Waals surface area contributed by atoms with Crippen molar-refractivity contribution >= 4 is 5.97 Å². The van der Waals surface area contributed by atoms with E-state index >= 15 is 0 Å². The molecule has 0 aromatic heterocycles. The van der Waals surface area contributed by atoms with Crippen LogP contribution in [0.3, 0.4) is 0 Å². The molecule has 0 aliphatic heterocycles. The summed E-state index contributed by atoms with van der Waals surface area (Å²) in [5.41, 5.74) is 0.176. The van der Waals surface area contributed by atoms with Crippen molar-refractivity contribution in [3.8, 4) is 5.75 Å². The highest BCUT2D eigenvalue weighted by atomic mass is 19.1. The van der Waals surface area contributed by atoms with Gasteiger partial charge in [-0.25, -0.2) is 9.18 Å². The lowest BCUT2D eigenvalue weighted by Gasteiger charge is -1.86. The molecule has 0 amide bonds. The number of aliphatic carboxylic acids is 1. The molecular formula is C10H11FO3. The monoisotopic (exact) mass is 198 g/mol. The molecule has 3 nitrogen and oxygen atoms in total. The van der Waals surface area contributed by atoms with Gasteiger partial charge in [0.2, 0.25) is 0 Å². The first-order chi connectivity index (χ1) is 6.43. The first kappa shape index (κ1) is 12.2. The number of phenols is 1. The van der Waals surface area contributed by atoms with Crippen LogP contribution in [0.4, 0.5) is 4.39 Å². The molecule has 0 atom stereocenters. The van der Waals surface area contributed by atoms with Gasteiger partial charge >= 0.3 is 5.97 Å². The van der Waals surface area contributed by atoms with Gasteiger partial charge < -0.3 is 10.2 Å². The van der Waals surface area contributed by atoms with Gasteiger partial charge in [0.15, 0.2) is 0 Å². The Morgan fingerprint density at radius 2 is 1.71 bits per heavy atom. The smallest absolute Gasteiger partial charge is 0.330 e. The van der Waals surface area contributed by atoms with E-state index in [0.29, 0.717) is 0 Å². The molecule has 76 valence electrons. The molecule has 4 heteroatoms. The molecule has 0 aliphatic carbocycles. The van der Waals surface area contributed by atoms with Crippen LogP contribution >= 0.6 is 0 Å². The van der Waals surface area contributed by atoms with Gasteiger partial charge in [-0.3, -0.25) is 0 Å². The van der Waals surface area contributed by atoms with E-state index in [2.05, 4.69) is 6.58 Å². The quantitative estimate of drug-likeness (QED) is 0.680. The second kappa shape index (κ2) is 5.75. The summed E-state index contributed by atoms with van der Waals surface area (Å²) in [5, 5.41) is 16.5. The van der Waals surface area contributed by atoms with Gasteiger partial charge in [0, 0.05) is 5.57 Å². The van der Waals surface area contributed by atoms with Crippen molar-refractivity contribution < 1.29 is 19.4 Å². The van der Waals surface area contributed by atoms with Crippen LogP contribution in [-0.4, -0.2) is 16.2 Å². The Labute approximate surface area is 81.1 Å². The SMILES string of the molecule is C=C(C)C(=O)O.Oc1ccc(F)cc1. The zero-order valence-corrected chi connectivity index (χ0v) is 7.70. The molecule has 14 heavy (non-hydrogen) atoms. The maximum Gasteiger partial charge on any atom is 0.330 e. The minimum absolute atomic E-state index is 0.0893. The second-order valence-electron chi connectivity index (χ2n) is 2.56. The molecule has 0 heterocycles. The number of halogens is 1. The molecule has 0 unspecified atom stereocenters. The molecule has 1 aromatic carbocycles. The number of hydrogen-bond donors (Lipinski definition) is 2. The molecule has 1 rings (SSSR count). The van der Waals surface area contributed by atoms with Gasteiger partial charge in [0.05, 0.1) is 0 Å². The fourth-order valence-corrected chi connectivity index (χ4v) is 0.441. The minimum atomic E-state index is -0.935. The van der Waals surface area contributed by atoms with Gasteiger partial charge in [-0.15, -0.1) is 0 Å². The van der Waals surface area contributed by atoms with E-state index in [1.165, 1.54) is 31.2 Å². The molecule has 0 aliphatic rings. The average molecular weight is 198 g/mol. The number of carboxylic acid groups (broad SMARTS) is 1. The molecule has 2 N–H and O–H groups in total. The molecular weight excluding hydrogens is 187 g/mol. The van der Waals surface area contributed by atoms with Gasteiger partial charge in [-0.1, -0.05) is 6.58 Å². The van der Waals surface area contributed by atoms with E-state index in [0.717, 1.165) is 0 Å². The highest BCUT2D eigenvalue weighted by Gasteiger charge is 1.90. The van der Waals surface area contributed by atoms with Crippen LogP contribution in [0.15, 0.2) is 36.4 Å². The lowest BCUT2D eigenvalue weighted by atomic mass is 10.3. The van der Waals surface area contributed by atoms with E-state index in [4.69, 9.17) is 10.2 Å². The minimum Gasteiger partial charge on any atom is -0.508 e. The van der Waals surface area contributed by atoms with E-state index in [1.54, 1.807) is 0 Å². The third kappa shape index (κ3) is 5.77. The number of phenolic OH excluding ortho intramolecular Hbond substituents is 1. The number of rotatable bonds is 1. The second-order valence-corrected chi connectivity index (χ2v) is 2.56. The molecule has 0 bridgehead atoms. The predicted octanol–water partition coefficient (Wildman–Crippen LogP) is 2.18. The van der Waals surface area contributed by atoms with Gasteiger partial charge in [-0.05, 0) is 31.2 Å². The Balaban J connectivity index is 0.000000255. The summed E-state index contributed by atoms with van der Waals surface area (Å²) < 4.78 is 12.0. The largest absolute Gasteiger partial charge is 0.508 e. The van der Waals surface area contributed by atoms with Crippen LogP contribution < -0.4 is 0 Å². The summed E-state index contributed by atoms with van der Waals surface area (Å²) in [4.78, 5) is 9.60. The number of hydrogen-bond acceptors (Lipinski definition) is 2. The van der Waals surface area contributed by atoms with Crippen LogP contribution in [-0.2, 0) is 4.79 Å². The Hall–Kier alpha value is -1.84. The predicted molar refractivity (Wildman–Crippen MR) is 50.5 cm³/mol. The summed E-state index contributed by atoms with van der Waals surface area (Å²) in [6.45, 7) is 4.60. The van der Waals surface area contributed by atoms with E-state index in [1.807, 2.05) is 0 Å². The van der Waals surface area contributed by atoms with Gasteiger partial charge in [-0.2, -0.15) is 0 Å². The zero-order chi connectivity index (χ0) is 11.1. The van der Waals surface area contributed by atoms with Crippen molar-refractivity contribution in [3.05, 3.63) is 42.2 Å². The summed E-state index contributed by atoms with van der Waals surface area (Å²) in [6, 6.07) is 5.01. The summed E-state index contributed by atoms with van der Waals surface area (Å²) in [6.07, 6.45) is 0. The fraction of sp³-hybridized carbons (Fsp3) is 0.100.